The summed E-state index contributed by atoms with van der Waals surface area (Å²) in [6.45, 7) is 0. The van der Waals surface area contributed by atoms with E-state index >= 15 is 0 Å². The summed E-state index contributed by atoms with van der Waals surface area (Å²) < 4.78 is 5.41. The topological polar surface area (TPSA) is 71.2 Å². The lowest BCUT2D eigenvalue weighted by Gasteiger charge is -2.22. The number of nitrogens with one attached hydrogen (secondary N) is 2. The average molecular weight is 368 g/mol. The molecule has 1 aromatic heterocycles. The molecule has 1 aliphatic rings. The molecule has 5 nitrogen and oxygen atoms in total. The van der Waals surface area contributed by atoms with Gasteiger partial charge < -0.3 is 15.0 Å². The van der Waals surface area contributed by atoms with Crippen LogP contribution in [0.1, 0.15) is 15.9 Å². The van der Waals surface area contributed by atoms with Crippen LogP contribution in [0, 0.1) is 0 Å². The van der Waals surface area contributed by atoms with Gasteiger partial charge >= 0.3 is 0 Å². The van der Waals surface area contributed by atoms with Gasteiger partial charge in [0.2, 0.25) is 0 Å². The van der Waals surface area contributed by atoms with Gasteiger partial charge in [0.25, 0.3) is 5.56 Å². The van der Waals surface area contributed by atoms with E-state index in [2.05, 4.69) is 10.3 Å². The monoisotopic (exact) mass is 368 g/mol. The molecule has 0 aliphatic heterocycles. The normalized spacial score (nSPS) is 12.0. The van der Waals surface area contributed by atoms with Crippen LogP contribution in [0.2, 0.25) is 0 Å². The Bertz CT molecular complexity index is 1320. The first-order valence-corrected chi connectivity index (χ1v) is 8.92. The molecule has 5 rings (SSSR count). The number of methoxy groups -OCH3 is 1. The van der Waals surface area contributed by atoms with Gasteiger partial charge in [-0.3, -0.25) is 9.59 Å². The van der Waals surface area contributed by atoms with Gasteiger partial charge in [0.05, 0.1) is 12.8 Å². The third-order valence-electron chi connectivity index (χ3n) is 5.09. The molecule has 3 aromatic carbocycles. The van der Waals surface area contributed by atoms with Crippen LogP contribution in [0.3, 0.4) is 0 Å². The van der Waals surface area contributed by atoms with Crippen LogP contribution >= 0.6 is 0 Å². The molecule has 4 aromatic rings. The maximum atomic E-state index is 13.0. The third-order valence-corrected chi connectivity index (χ3v) is 5.09. The second-order valence-electron chi connectivity index (χ2n) is 6.63. The Balaban J connectivity index is 1.87. The molecule has 0 unspecified atom stereocenters. The van der Waals surface area contributed by atoms with Crippen molar-refractivity contribution >= 4 is 28.1 Å². The molecular weight excluding hydrogens is 352 g/mol. The van der Waals surface area contributed by atoms with E-state index in [1.54, 1.807) is 25.3 Å². The highest BCUT2D eigenvalue weighted by atomic mass is 16.5. The summed E-state index contributed by atoms with van der Waals surface area (Å²) in [5.74, 6) is 0.589. The highest BCUT2D eigenvalue weighted by Gasteiger charge is 2.28. The van der Waals surface area contributed by atoms with E-state index in [9.17, 15) is 9.59 Å². The highest BCUT2D eigenvalue weighted by molar-refractivity contribution is 6.26. The molecular formula is C23H16N2O3. The second-order valence-corrected chi connectivity index (χ2v) is 6.63. The van der Waals surface area contributed by atoms with Crippen molar-refractivity contribution in [1.29, 1.82) is 0 Å². The van der Waals surface area contributed by atoms with Gasteiger partial charge in [0, 0.05) is 27.6 Å². The van der Waals surface area contributed by atoms with Crippen molar-refractivity contribution in [1.82, 2.24) is 4.98 Å². The van der Waals surface area contributed by atoms with Crippen LogP contribution in [-0.2, 0) is 0 Å². The zero-order valence-electron chi connectivity index (χ0n) is 15.1. The summed E-state index contributed by atoms with van der Waals surface area (Å²) in [5.41, 5.74) is 4.12. The van der Waals surface area contributed by atoms with Crippen LogP contribution in [0.5, 0.6) is 5.75 Å². The Morgan fingerprint density at radius 1 is 0.821 bits per heavy atom. The minimum atomic E-state index is -0.255. The number of pyridine rings is 1. The Morgan fingerprint density at radius 2 is 1.54 bits per heavy atom. The van der Waals surface area contributed by atoms with E-state index in [0.717, 1.165) is 16.5 Å². The van der Waals surface area contributed by atoms with Crippen molar-refractivity contribution in [2.75, 3.05) is 12.4 Å². The molecule has 0 saturated carbocycles. The smallest absolute Gasteiger partial charge is 0.272 e. The number of H-pyrrole nitrogens is 1. The standard InChI is InChI=1S/C23H16N2O3/c1-28-18-12-5-4-10-16(18)24-21-20-13-7-2-3-8-14(13)22(26)15-9-6-11-17(19(15)20)25-23(21)27/h2-12,24H,1H3,(H,25,27). The molecule has 28 heavy (non-hydrogen) atoms. The van der Waals surface area contributed by atoms with E-state index in [1.807, 2.05) is 48.5 Å². The zero-order chi connectivity index (χ0) is 19.3. The summed E-state index contributed by atoms with van der Waals surface area (Å²) in [7, 11) is 1.58. The number of hydrogen-bond donors (Lipinski definition) is 2. The number of hydrogen-bond acceptors (Lipinski definition) is 4. The van der Waals surface area contributed by atoms with Crippen molar-refractivity contribution in [3.8, 4) is 16.9 Å². The minimum absolute atomic E-state index is 0.0380. The molecule has 2 N–H and O–H groups in total. The van der Waals surface area contributed by atoms with Gasteiger partial charge in [-0.25, -0.2) is 0 Å². The fourth-order valence-electron chi connectivity index (χ4n) is 3.85. The molecule has 0 radical (unpaired) electrons. The third kappa shape index (κ3) is 2.26. The lowest BCUT2D eigenvalue weighted by Crippen LogP contribution is -2.18. The van der Waals surface area contributed by atoms with E-state index < -0.39 is 0 Å². The summed E-state index contributed by atoms with van der Waals surface area (Å²) in [6, 6.07) is 20.2. The summed E-state index contributed by atoms with van der Waals surface area (Å²) in [6.07, 6.45) is 0. The van der Waals surface area contributed by atoms with Gasteiger partial charge in [-0.05, 0) is 23.8 Å². The Labute approximate surface area is 160 Å². The van der Waals surface area contributed by atoms with Gasteiger partial charge in [0.1, 0.15) is 11.4 Å². The van der Waals surface area contributed by atoms with Gasteiger partial charge in [-0.2, -0.15) is 0 Å². The van der Waals surface area contributed by atoms with E-state index in [0.29, 0.717) is 33.8 Å². The fraction of sp³-hybridized carbons (Fsp3) is 0.0435. The number of ketones is 1. The fourth-order valence-corrected chi connectivity index (χ4v) is 3.85. The van der Waals surface area contributed by atoms with Gasteiger partial charge in [0.15, 0.2) is 5.78 Å². The molecule has 0 saturated heterocycles. The van der Waals surface area contributed by atoms with Gasteiger partial charge in [-0.15, -0.1) is 0 Å². The van der Waals surface area contributed by atoms with Crippen molar-refractivity contribution < 1.29 is 9.53 Å². The quantitative estimate of drug-likeness (QED) is 0.492. The number of anilines is 2. The predicted octanol–water partition coefficient (Wildman–Crippen LogP) is 4.49. The molecule has 1 aliphatic carbocycles. The Morgan fingerprint density at radius 3 is 2.36 bits per heavy atom. The predicted molar refractivity (Wildman–Crippen MR) is 110 cm³/mol. The second kappa shape index (κ2) is 6.09. The number of aromatic nitrogens is 1. The van der Waals surface area contributed by atoms with Crippen molar-refractivity contribution in [2.45, 2.75) is 0 Å². The summed E-state index contributed by atoms with van der Waals surface area (Å²) in [4.78, 5) is 28.9. The molecule has 0 amide bonds. The maximum absolute atomic E-state index is 13.0. The SMILES string of the molecule is COc1ccccc1Nc1c2c3c(cccc3[nH]c1=O)C(=O)c1ccccc1-2. The summed E-state index contributed by atoms with van der Waals surface area (Å²) in [5, 5.41) is 3.99. The number of carbonyl (C=O) groups excluding carboxylic acids is 1. The largest absolute Gasteiger partial charge is 0.495 e. The number of carbonyl (C=O) groups is 1. The minimum Gasteiger partial charge on any atom is -0.495 e. The lowest BCUT2D eigenvalue weighted by molar-refractivity contribution is 0.104. The number of benzene rings is 3. The van der Waals surface area contributed by atoms with Crippen LogP contribution in [0.15, 0.2) is 71.5 Å². The number of fused-ring (bicyclic) bond motifs is 2. The van der Waals surface area contributed by atoms with E-state index in [4.69, 9.17) is 4.74 Å². The van der Waals surface area contributed by atoms with Crippen LogP contribution in [-0.4, -0.2) is 17.9 Å². The van der Waals surface area contributed by atoms with E-state index in [-0.39, 0.29) is 11.3 Å². The molecule has 1 heterocycles. The molecule has 0 atom stereocenters. The van der Waals surface area contributed by atoms with E-state index in [1.165, 1.54) is 0 Å². The zero-order valence-corrected chi connectivity index (χ0v) is 15.1. The first kappa shape index (κ1) is 16.3. The van der Waals surface area contributed by atoms with Gasteiger partial charge in [-0.1, -0.05) is 48.5 Å². The lowest BCUT2D eigenvalue weighted by atomic mass is 9.83. The first-order valence-electron chi connectivity index (χ1n) is 8.92. The van der Waals surface area contributed by atoms with Crippen LogP contribution in [0.25, 0.3) is 22.0 Å². The number of ether oxygens (including phenoxy) is 1. The van der Waals surface area contributed by atoms with Crippen LogP contribution < -0.4 is 15.6 Å². The number of rotatable bonds is 3. The molecule has 0 spiro atoms. The number of para-hydroxylation sites is 2. The van der Waals surface area contributed by atoms with Crippen molar-refractivity contribution in [2.24, 2.45) is 0 Å². The molecule has 5 heteroatoms. The molecule has 0 bridgehead atoms. The average Bonchev–Trinajstić information content (AvgIpc) is 2.73. The molecule has 136 valence electrons. The summed E-state index contributed by atoms with van der Waals surface area (Å²) >= 11 is 0. The molecule has 0 fully saturated rings. The first-order chi connectivity index (χ1) is 13.7. The number of aromatic amines is 1. The highest BCUT2D eigenvalue weighted by Crippen LogP contribution is 2.42. The van der Waals surface area contributed by atoms with Crippen molar-refractivity contribution in [3.63, 3.8) is 0 Å². The maximum Gasteiger partial charge on any atom is 0.272 e. The van der Waals surface area contributed by atoms with Crippen LogP contribution in [0.4, 0.5) is 11.4 Å². The Hall–Kier alpha value is -3.86. The van der Waals surface area contributed by atoms with Crippen molar-refractivity contribution in [3.05, 3.63) is 88.2 Å². The Kier molecular flexibility index (Phi) is 3.55.